The molecule has 0 radical (unpaired) electrons. The minimum atomic E-state index is -4.05. The van der Waals surface area contributed by atoms with Crippen LogP contribution in [-0.4, -0.2) is 19.2 Å². The highest BCUT2D eigenvalue weighted by molar-refractivity contribution is 7.92. The number of nitrogens with two attached hydrogens (primary N) is 1. The van der Waals surface area contributed by atoms with Crippen LogP contribution in [0.15, 0.2) is 47.4 Å². The standard InChI is InChI=1S/C14H13N3O5S/c1-9-5-6-12(17(19)20)8-13(9)23(21,22)16-11-4-2-3-10(7-11)14(15)18/h2-8,16H,1H3,(H2,15,18). The van der Waals surface area contributed by atoms with E-state index in [0.29, 0.717) is 5.56 Å². The number of carbonyl (C=O) groups excluding carboxylic acids is 1. The van der Waals surface area contributed by atoms with Crippen molar-refractivity contribution in [2.75, 3.05) is 4.72 Å². The third-order valence-corrected chi connectivity index (χ3v) is 4.59. The van der Waals surface area contributed by atoms with Crippen molar-refractivity contribution < 1.29 is 18.1 Å². The molecule has 0 saturated carbocycles. The lowest BCUT2D eigenvalue weighted by Gasteiger charge is -2.10. The monoisotopic (exact) mass is 335 g/mol. The number of primary amides is 1. The molecule has 0 aromatic heterocycles. The minimum Gasteiger partial charge on any atom is -0.366 e. The van der Waals surface area contributed by atoms with Gasteiger partial charge in [0.25, 0.3) is 15.7 Å². The number of hydrogen-bond acceptors (Lipinski definition) is 5. The zero-order chi connectivity index (χ0) is 17.2. The fraction of sp³-hybridized carbons (Fsp3) is 0.0714. The average Bonchev–Trinajstić information content (AvgIpc) is 2.47. The molecular formula is C14H13N3O5S. The predicted octanol–water partition coefficient (Wildman–Crippen LogP) is 1.80. The highest BCUT2D eigenvalue weighted by Gasteiger charge is 2.21. The Morgan fingerprint density at radius 3 is 2.52 bits per heavy atom. The zero-order valence-electron chi connectivity index (χ0n) is 12.0. The molecule has 1 amide bonds. The van der Waals surface area contributed by atoms with Gasteiger partial charge in [-0.1, -0.05) is 12.1 Å². The number of aryl methyl sites for hydroxylation is 1. The van der Waals surface area contributed by atoms with E-state index in [9.17, 15) is 23.3 Å². The Morgan fingerprint density at radius 1 is 1.22 bits per heavy atom. The van der Waals surface area contributed by atoms with Crippen molar-refractivity contribution in [2.45, 2.75) is 11.8 Å². The van der Waals surface area contributed by atoms with E-state index in [1.54, 1.807) is 0 Å². The lowest BCUT2D eigenvalue weighted by molar-refractivity contribution is -0.385. The highest BCUT2D eigenvalue weighted by Crippen LogP contribution is 2.24. The first-order chi connectivity index (χ1) is 10.7. The van der Waals surface area contributed by atoms with Gasteiger partial charge in [-0.3, -0.25) is 19.6 Å². The summed E-state index contributed by atoms with van der Waals surface area (Å²) < 4.78 is 27.1. The van der Waals surface area contributed by atoms with E-state index in [-0.39, 0.29) is 21.8 Å². The number of nitrogens with one attached hydrogen (secondary N) is 1. The Kier molecular flexibility index (Phi) is 4.32. The van der Waals surface area contributed by atoms with Gasteiger partial charge >= 0.3 is 0 Å². The molecule has 0 aliphatic heterocycles. The zero-order valence-corrected chi connectivity index (χ0v) is 12.8. The Morgan fingerprint density at radius 2 is 1.91 bits per heavy atom. The molecule has 2 rings (SSSR count). The van der Waals surface area contributed by atoms with Crippen molar-refractivity contribution >= 4 is 27.3 Å². The van der Waals surface area contributed by atoms with Gasteiger partial charge in [-0.05, 0) is 30.7 Å². The van der Waals surface area contributed by atoms with Gasteiger partial charge in [0.05, 0.1) is 9.82 Å². The third kappa shape index (κ3) is 3.64. The van der Waals surface area contributed by atoms with Crippen LogP contribution in [0.25, 0.3) is 0 Å². The van der Waals surface area contributed by atoms with Gasteiger partial charge < -0.3 is 5.73 Å². The number of nitro benzene ring substituents is 1. The third-order valence-electron chi connectivity index (χ3n) is 3.07. The molecule has 0 aliphatic carbocycles. The molecule has 0 unspecified atom stereocenters. The van der Waals surface area contributed by atoms with E-state index in [2.05, 4.69) is 4.72 Å². The van der Waals surface area contributed by atoms with Crippen LogP contribution in [0.3, 0.4) is 0 Å². The topological polar surface area (TPSA) is 132 Å². The molecule has 0 atom stereocenters. The van der Waals surface area contributed by atoms with E-state index in [1.165, 1.54) is 43.3 Å². The molecule has 23 heavy (non-hydrogen) atoms. The number of sulfonamides is 1. The first-order valence-corrected chi connectivity index (χ1v) is 7.87. The fourth-order valence-electron chi connectivity index (χ4n) is 1.94. The lowest BCUT2D eigenvalue weighted by Crippen LogP contribution is -2.16. The number of carbonyl (C=O) groups is 1. The second-order valence-corrected chi connectivity index (χ2v) is 6.41. The number of nitrogens with zero attached hydrogens (tertiary/aromatic N) is 1. The van der Waals surface area contributed by atoms with E-state index in [1.807, 2.05) is 0 Å². The number of benzene rings is 2. The fourth-order valence-corrected chi connectivity index (χ4v) is 3.25. The number of non-ortho nitro benzene ring substituents is 1. The van der Waals surface area contributed by atoms with Crippen molar-refractivity contribution in [3.05, 3.63) is 63.7 Å². The summed E-state index contributed by atoms with van der Waals surface area (Å²) in [7, 11) is -4.05. The van der Waals surface area contributed by atoms with Crippen LogP contribution in [0.5, 0.6) is 0 Å². The lowest BCUT2D eigenvalue weighted by atomic mass is 10.2. The minimum absolute atomic E-state index is 0.132. The molecule has 9 heteroatoms. The smallest absolute Gasteiger partial charge is 0.270 e. The summed E-state index contributed by atoms with van der Waals surface area (Å²) in [4.78, 5) is 21.1. The molecule has 0 bridgehead atoms. The SMILES string of the molecule is Cc1ccc([N+](=O)[O-])cc1S(=O)(=O)Nc1cccc(C(N)=O)c1. The van der Waals surface area contributed by atoms with Gasteiger partial charge in [-0.15, -0.1) is 0 Å². The predicted molar refractivity (Wildman–Crippen MR) is 83.6 cm³/mol. The summed E-state index contributed by atoms with van der Waals surface area (Å²) in [6, 6.07) is 9.20. The van der Waals surface area contributed by atoms with Crippen LogP contribution in [0.1, 0.15) is 15.9 Å². The first-order valence-electron chi connectivity index (χ1n) is 6.38. The van der Waals surface area contributed by atoms with Crippen molar-refractivity contribution in [3.63, 3.8) is 0 Å². The molecule has 0 saturated heterocycles. The Hall–Kier alpha value is -2.94. The Balaban J connectivity index is 2.43. The molecule has 0 spiro atoms. The molecule has 2 aromatic rings. The van der Waals surface area contributed by atoms with Gasteiger partial charge in [-0.25, -0.2) is 8.42 Å². The number of amides is 1. The molecule has 120 valence electrons. The van der Waals surface area contributed by atoms with Crippen molar-refractivity contribution in [2.24, 2.45) is 5.73 Å². The first kappa shape index (κ1) is 16.4. The number of hydrogen-bond donors (Lipinski definition) is 2. The summed E-state index contributed by atoms with van der Waals surface area (Å²) in [6.45, 7) is 1.53. The summed E-state index contributed by atoms with van der Waals surface area (Å²) in [5.41, 5.74) is 5.44. The van der Waals surface area contributed by atoms with E-state index >= 15 is 0 Å². The highest BCUT2D eigenvalue weighted by atomic mass is 32.2. The number of rotatable bonds is 5. The molecule has 0 heterocycles. The van der Waals surface area contributed by atoms with Gasteiger partial charge in [0, 0.05) is 23.4 Å². The quantitative estimate of drug-likeness (QED) is 0.635. The largest absolute Gasteiger partial charge is 0.366 e. The van der Waals surface area contributed by atoms with E-state index in [0.717, 1.165) is 6.07 Å². The van der Waals surface area contributed by atoms with Gasteiger partial charge in [-0.2, -0.15) is 0 Å². The van der Waals surface area contributed by atoms with Crippen molar-refractivity contribution in [3.8, 4) is 0 Å². The van der Waals surface area contributed by atoms with Crippen LogP contribution in [-0.2, 0) is 10.0 Å². The molecule has 0 fully saturated rings. The van der Waals surface area contributed by atoms with Crippen LogP contribution in [0.2, 0.25) is 0 Å². The van der Waals surface area contributed by atoms with Gasteiger partial charge in [0.1, 0.15) is 0 Å². The summed E-state index contributed by atoms with van der Waals surface area (Å²) in [5.74, 6) is -0.697. The molecular weight excluding hydrogens is 322 g/mol. The molecule has 0 aliphatic rings. The maximum absolute atomic E-state index is 12.4. The van der Waals surface area contributed by atoms with Crippen LogP contribution in [0.4, 0.5) is 11.4 Å². The Labute approximate surface area is 132 Å². The molecule has 8 nitrogen and oxygen atoms in total. The molecule has 2 aromatic carbocycles. The number of nitro groups is 1. The second-order valence-electron chi connectivity index (χ2n) is 4.76. The molecule has 3 N–H and O–H groups in total. The van der Waals surface area contributed by atoms with Gasteiger partial charge in [0.15, 0.2) is 0 Å². The normalized spacial score (nSPS) is 11.0. The summed E-state index contributed by atoms with van der Waals surface area (Å²) in [5, 5.41) is 10.8. The van der Waals surface area contributed by atoms with Crippen LogP contribution in [0, 0.1) is 17.0 Å². The number of anilines is 1. The summed E-state index contributed by atoms with van der Waals surface area (Å²) >= 11 is 0. The average molecular weight is 335 g/mol. The van der Waals surface area contributed by atoms with E-state index < -0.39 is 20.9 Å². The van der Waals surface area contributed by atoms with Crippen LogP contribution >= 0.6 is 0 Å². The van der Waals surface area contributed by atoms with Crippen molar-refractivity contribution in [1.29, 1.82) is 0 Å². The van der Waals surface area contributed by atoms with Gasteiger partial charge in [0.2, 0.25) is 5.91 Å². The second kappa shape index (κ2) is 6.05. The summed E-state index contributed by atoms with van der Waals surface area (Å²) in [6.07, 6.45) is 0. The Bertz CT molecular complexity index is 893. The van der Waals surface area contributed by atoms with Crippen LogP contribution < -0.4 is 10.5 Å². The maximum Gasteiger partial charge on any atom is 0.270 e. The van der Waals surface area contributed by atoms with E-state index in [4.69, 9.17) is 5.73 Å². The maximum atomic E-state index is 12.4. The van der Waals surface area contributed by atoms with Crippen molar-refractivity contribution in [1.82, 2.24) is 0 Å².